The molecule has 11 heteroatoms. The average molecular weight is 507 g/mol. The SMILES string of the molecule is COc1ccc(/C=C/C(=O)O[C@@H]2C=C(CO)[C@H]3[C@H](O[C@@H]4O[C@H](CO)[C@@H](O)[C@H](O)[C@H]4O)OC=C[C@H]32)cc1. The summed E-state index contributed by atoms with van der Waals surface area (Å²) in [6.07, 6.45) is -1.55. The van der Waals surface area contributed by atoms with Gasteiger partial charge in [-0.1, -0.05) is 12.1 Å². The van der Waals surface area contributed by atoms with E-state index in [2.05, 4.69) is 0 Å². The van der Waals surface area contributed by atoms with Crippen molar-refractivity contribution in [2.75, 3.05) is 20.3 Å². The lowest BCUT2D eigenvalue weighted by Crippen LogP contribution is -2.60. The van der Waals surface area contributed by atoms with E-state index in [1.165, 1.54) is 12.3 Å². The number of carbonyl (C=O) groups is 1. The molecule has 2 aliphatic heterocycles. The highest BCUT2D eigenvalue weighted by Gasteiger charge is 2.49. The summed E-state index contributed by atoms with van der Waals surface area (Å²) in [6, 6.07) is 7.12. The van der Waals surface area contributed by atoms with Crippen LogP contribution in [0.1, 0.15) is 5.56 Å². The lowest BCUT2D eigenvalue weighted by Gasteiger charge is -2.42. The van der Waals surface area contributed by atoms with Crippen molar-refractivity contribution in [3.8, 4) is 5.75 Å². The van der Waals surface area contributed by atoms with Gasteiger partial charge in [-0.3, -0.25) is 0 Å². The summed E-state index contributed by atoms with van der Waals surface area (Å²) in [5, 5.41) is 49.6. The summed E-state index contributed by atoms with van der Waals surface area (Å²) >= 11 is 0. The molecule has 1 aromatic carbocycles. The zero-order chi connectivity index (χ0) is 25.8. The molecule has 0 radical (unpaired) electrons. The number of aliphatic hydroxyl groups excluding tert-OH is 5. The topological polar surface area (TPSA) is 164 Å². The molecule has 0 spiro atoms. The molecule has 0 aromatic heterocycles. The fraction of sp³-hybridized carbons (Fsp3) is 0.480. The Labute approximate surface area is 207 Å². The lowest BCUT2D eigenvalue weighted by atomic mass is 9.88. The van der Waals surface area contributed by atoms with Gasteiger partial charge < -0.3 is 49.2 Å². The lowest BCUT2D eigenvalue weighted by molar-refractivity contribution is -0.339. The molecule has 2 heterocycles. The minimum atomic E-state index is -1.62. The van der Waals surface area contributed by atoms with Crippen LogP contribution >= 0.6 is 0 Å². The Kier molecular flexibility index (Phi) is 8.42. The van der Waals surface area contributed by atoms with E-state index in [-0.39, 0.29) is 6.61 Å². The van der Waals surface area contributed by atoms with Crippen LogP contribution in [0, 0.1) is 11.8 Å². The van der Waals surface area contributed by atoms with Crippen LogP contribution in [0.15, 0.2) is 54.3 Å². The van der Waals surface area contributed by atoms with Gasteiger partial charge in [-0.05, 0) is 41.5 Å². The van der Waals surface area contributed by atoms with E-state index in [1.807, 2.05) is 0 Å². The molecule has 11 nitrogen and oxygen atoms in total. The number of rotatable bonds is 8. The van der Waals surface area contributed by atoms with E-state index in [1.54, 1.807) is 49.6 Å². The molecule has 36 heavy (non-hydrogen) atoms. The van der Waals surface area contributed by atoms with E-state index in [9.17, 15) is 30.3 Å². The summed E-state index contributed by atoms with van der Waals surface area (Å²) in [6.45, 7) is -0.963. The molecule has 0 saturated carbocycles. The van der Waals surface area contributed by atoms with E-state index >= 15 is 0 Å². The van der Waals surface area contributed by atoms with Crippen LogP contribution in [0.25, 0.3) is 6.08 Å². The summed E-state index contributed by atoms with van der Waals surface area (Å²) in [5.41, 5.74) is 1.28. The van der Waals surface area contributed by atoms with Crippen molar-refractivity contribution in [1.82, 2.24) is 0 Å². The molecule has 3 aliphatic rings. The number of ether oxygens (including phenoxy) is 5. The molecular formula is C25H30O11. The minimum absolute atomic E-state index is 0.358. The first kappa shape index (κ1) is 26.3. The molecule has 4 rings (SSSR count). The van der Waals surface area contributed by atoms with E-state index in [0.717, 1.165) is 5.56 Å². The number of carbonyl (C=O) groups excluding carboxylic acids is 1. The van der Waals surface area contributed by atoms with Crippen molar-refractivity contribution >= 4 is 12.0 Å². The van der Waals surface area contributed by atoms with Gasteiger partial charge in [-0.25, -0.2) is 4.79 Å². The summed E-state index contributed by atoms with van der Waals surface area (Å²) in [7, 11) is 1.56. The zero-order valence-electron chi connectivity index (χ0n) is 19.5. The van der Waals surface area contributed by atoms with Crippen LogP contribution in [-0.2, 0) is 23.7 Å². The quantitative estimate of drug-likeness (QED) is 0.175. The first-order valence-electron chi connectivity index (χ1n) is 11.5. The fourth-order valence-electron chi connectivity index (χ4n) is 4.52. The van der Waals surface area contributed by atoms with Crippen LogP contribution in [0.2, 0.25) is 0 Å². The van der Waals surface area contributed by atoms with Gasteiger partial charge in [0.1, 0.15) is 36.3 Å². The normalized spacial score (nSPS) is 35.7. The van der Waals surface area contributed by atoms with Crippen LogP contribution in [0.5, 0.6) is 5.75 Å². The smallest absolute Gasteiger partial charge is 0.331 e. The van der Waals surface area contributed by atoms with Crippen molar-refractivity contribution in [2.24, 2.45) is 11.8 Å². The fourth-order valence-corrected chi connectivity index (χ4v) is 4.52. The predicted octanol–water partition coefficient (Wildman–Crippen LogP) is -0.529. The Morgan fingerprint density at radius 3 is 2.47 bits per heavy atom. The van der Waals surface area contributed by atoms with Crippen LogP contribution in [0.4, 0.5) is 0 Å². The molecular weight excluding hydrogens is 476 g/mol. The molecule has 196 valence electrons. The van der Waals surface area contributed by atoms with Gasteiger partial charge in [0, 0.05) is 12.0 Å². The third-order valence-corrected chi connectivity index (χ3v) is 6.49. The third-order valence-electron chi connectivity index (χ3n) is 6.49. The minimum Gasteiger partial charge on any atom is -0.497 e. The first-order chi connectivity index (χ1) is 17.4. The molecule has 0 unspecified atom stereocenters. The summed E-state index contributed by atoms with van der Waals surface area (Å²) < 4.78 is 27.5. The highest BCUT2D eigenvalue weighted by molar-refractivity contribution is 5.87. The van der Waals surface area contributed by atoms with E-state index in [0.29, 0.717) is 11.3 Å². The Morgan fingerprint density at radius 2 is 1.81 bits per heavy atom. The number of aliphatic hydroxyl groups is 5. The van der Waals surface area contributed by atoms with Crippen LogP contribution in [-0.4, -0.2) is 94.9 Å². The van der Waals surface area contributed by atoms with Crippen LogP contribution in [0.3, 0.4) is 0 Å². The Hall–Kier alpha value is -2.77. The van der Waals surface area contributed by atoms with Gasteiger partial charge in [0.2, 0.25) is 6.29 Å². The number of esters is 1. The second-order valence-corrected chi connectivity index (χ2v) is 8.68. The average Bonchev–Trinajstić information content (AvgIpc) is 3.26. The van der Waals surface area contributed by atoms with Crippen molar-refractivity contribution in [1.29, 1.82) is 0 Å². The Balaban J connectivity index is 1.43. The molecule has 0 bridgehead atoms. The maximum absolute atomic E-state index is 12.5. The van der Waals surface area contributed by atoms with Crippen LogP contribution < -0.4 is 4.74 Å². The molecule has 1 saturated heterocycles. The number of methoxy groups -OCH3 is 1. The van der Waals surface area contributed by atoms with Crippen molar-refractivity contribution in [2.45, 2.75) is 43.1 Å². The van der Waals surface area contributed by atoms with Gasteiger partial charge in [0.25, 0.3) is 0 Å². The van der Waals surface area contributed by atoms with Gasteiger partial charge in [0.15, 0.2) is 6.29 Å². The number of fused-ring (bicyclic) bond motifs is 1. The number of hydrogen-bond acceptors (Lipinski definition) is 11. The zero-order valence-corrected chi connectivity index (χ0v) is 19.5. The largest absolute Gasteiger partial charge is 0.497 e. The second-order valence-electron chi connectivity index (χ2n) is 8.68. The summed E-state index contributed by atoms with van der Waals surface area (Å²) in [4.78, 5) is 12.5. The van der Waals surface area contributed by atoms with E-state index < -0.39 is 67.5 Å². The van der Waals surface area contributed by atoms with Gasteiger partial charge >= 0.3 is 5.97 Å². The molecule has 9 atom stereocenters. The number of hydrogen-bond donors (Lipinski definition) is 5. The van der Waals surface area contributed by atoms with Crippen molar-refractivity contribution in [3.63, 3.8) is 0 Å². The monoisotopic (exact) mass is 506 g/mol. The maximum atomic E-state index is 12.5. The van der Waals surface area contributed by atoms with Crippen molar-refractivity contribution in [3.05, 3.63) is 59.9 Å². The summed E-state index contributed by atoms with van der Waals surface area (Å²) in [5.74, 6) is -0.915. The maximum Gasteiger partial charge on any atom is 0.331 e. The predicted molar refractivity (Wildman–Crippen MR) is 123 cm³/mol. The second kappa shape index (κ2) is 11.5. The molecule has 0 amide bonds. The third kappa shape index (κ3) is 5.47. The van der Waals surface area contributed by atoms with Gasteiger partial charge in [-0.15, -0.1) is 0 Å². The standard InChI is InChI=1S/C25H30O11/c1-32-15-5-2-13(3-6-15)4-7-19(28)34-17-10-14(11-26)20-16(17)8-9-33-24(20)36-25-23(31)22(30)21(29)18(12-27)35-25/h2-10,16-18,20-27,29-31H,11-12H2,1H3/b7-4+/t16-,17+,18+,20+,21+,22-,23+,24-,25-/m0/s1. The molecule has 5 N–H and O–H groups in total. The van der Waals surface area contributed by atoms with Gasteiger partial charge in [0.05, 0.1) is 32.5 Å². The Bertz CT molecular complexity index is 986. The molecule has 1 aromatic rings. The molecule has 1 aliphatic carbocycles. The first-order valence-corrected chi connectivity index (χ1v) is 11.5. The number of benzene rings is 1. The van der Waals surface area contributed by atoms with Crippen molar-refractivity contribution < 1.29 is 54.0 Å². The van der Waals surface area contributed by atoms with E-state index in [4.69, 9.17) is 23.7 Å². The molecule has 1 fully saturated rings. The highest BCUT2D eigenvalue weighted by Crippen LogP contribution is 2.42. The Morgan fingerprint density at radius 1 is 1.06 bits per heavy atom. The van der Waals surface area contributed by atoms with Gasteiger partial charge in [-0.2, -0.15) is 0 Å². The highest BCUT2D eigenvalue weighted by atomic mass is 16.8.